The van der Waals surface area contributed by atoms with Crippen LogP contribution < -0.4 is 10.2 Å². The smallest absolute Gasteiger partial charge is 0.236 e. The first-order chi connectivity index (χ1) is 12.2. The Morgan fingerprint density at radius 1 is 1.32 bits per heavy atom. The lowest BCUT2D eigenvalue weighted by Gasteiger charge is -2.35. The second-order valence-corrected chi connectivity index (χ2v) is 6.94. The molecule has 0 bridgehead atoms. The molecule has 0 aliphatic carbocycles. The Morgan fingerprint density at radius 2 is 2.20 bits per heavy atom. The number of carbonyl (C=O) groups excluding carboxylic acids is 1. The summed E-state index contributed by atoms with van der Waals surface area (Å²) in [6.07, 6.45) is 3.32. The van der Waals surface area contributed by atoms with E-state index in [1.807, 2.05) is 24.0 Å². The van der Waals surface area contributed by atoms with E-state index >= 15 is 0 Å². The maximum atomic E-state index is 12.5. The summed E-state index contributed by atoms with van der Waals surface area (Å²) in [6, 6.07) is 4.32. The highest BCUT2D eigenvalue weighted by atomic mass is 16.5. The van der Waals surface area contributed by atoms with E-state index in [1.54, 1.807) is 0 Å². The zero-order chi connectivity index (χ0) is 17.6. The number of hydrogen-bond donors (Lipinski definition) is 1. The number of aryl methyl sites for hydroxylation is 1. The van der Waals surface area contributed by atoms with E-state index in [2.05, 4.69) is 27.3 Å². The number of nitrogens with zero attached hydrogens (tertiary/aromatic N) is 4. The van der Waals surface area contributed by atoms with E-state index in [9.17, 15) is 4.79 Å². The summed E-state index contributed by atoms with van der Waals surface area (Å²) in [6.45, 7) is 8.36. The number of rotatable bonds is 5. The summed E-state index contributed by atoms with van der Waals surface area (Å²) in [5, 5.41) is 11.9. The van der Waals surface area contributed by atoms with Crippen LogP contribution in [0.1, 0.15) is 31.9 Å². The summed E-state index contributed by atoms with van der Waals surface area (Å²) in [5.41, 5.74) is 0.928. The molecule has 0 spiro atoms. The van der Waals surface area contributed by atoms with E-state index in [4.69, 9.17) is 4.74 Å². The van der Waals surface area contributed by atoms with Crippen molar-refractivity contribution in [3.8, 4) is 0 Å². The Labute approximate surface area is 149 Å². The monoisotopic (exact) mass is 347 g/mol. The fourth-order valence-corrected chi connectivity index (χ4v) is 3.45. The molecule has 3 rings (SSSR count). The quantitative estimate of drug-likeness (QED) is 0.856. The SMILES string of the molecule is CC[C@@H]1CN(C(=O)CN[C@H]2CCCN(c3ccc(C)nn3)C2)CCO1. The molecular weight excluding hydrogens is 318 g/mol. The molecule has 1 amide bonds. The van der Waals surface area contributed by atoms with Gasteiger partial charge in [-0.15, -0.1) is 5.10 Å². The van der Waals surface area contributed by atoms with Gasteiger partial charge in [-0.25, -0.2) is 0 Å². The Morgan fingerprint density at radius 3 is 2.96 bits per heavy atom. The molecule has 7 nitrogen and oxygen atoms in total. The molecule has 1 aromatic heterocycles. The molecule has 0 radical (unpaired) electrons. The van der Waals surface area contributed by atoms with E-state index < -0.39 is 0 Å². The van der Waals surface area contributed by atoms with Gasteiger partial charge in [-0.3, -0.25) is 4.79 Å². The fourth-order valence-electron chi connectivity index (χ4n) is 3.45. The van der Waals surface area contributed by atoms with Gasteiger partial charge in [-0.05, 0) is 38.3 Å². The van der Waals surface area contributed by atoms with Gasteiger partial charge in [0.05, 0.1) is 24.9 Å². The van der Waals surface area contributed by atoms with Crippen molar-refractivity contribution in [2.75, 3.05) is 44.2 Å². The lowest BCUT2D eigenvalue weighted by atomic mass is 10.1. The number of nitrogens with one attached hydrogen (secondary N) is 1. The largest absolute Gasteiger partial charge is 0.375 e. The first-order valence-electron chi connectivity index (χ1n) is 9.33. The number of ether oxygens (including phenoxy) is 1. The second kappa shape index (κ2) is 8.58. The van der Waals surface area contributed by atoms with Gasteiger partial charge >= 0.3 is 0 Å². The number of carbonyl (C=O) groups is 1. The Balaban J connectivity index is 1.47. The van der Waals surface area contributed by atoms with Crippen molar-refractivity contribution in [2.45, 2.75) is 45.3 Å². The third-order valence-electron chi connectivity index (χ3n) is 5.02. The molecule has 2 saturated heterocycles. The molecule has 138 valence electrons. The van der Waals surface area contributed by atoms with Crippen LogP contribution in [0.15, 0.2) is 12.1 Å². The van der Waals surface area contributed by atoms with Gasteiger partial charge in [-0.1, -0.05) is 6.92 Å². The standard InChI is InChI=1S/C18H29N5O2/c1-3-16-13-23(9-10-25-16)18(24)11-19-15-5-4-8-22(12-15)17-7-6-14(2)20-21-17/h6-7,15-16,19H,3-5,8-13H2,1-2H3/t15-,16+/m0/s1. The van der Waals surface area contributed by atoms with Crippen LogP contribution in [0, 0.1) is 6.92 Å². The first kappa shape index (κ1) is 18.1. The predicted octanol–water partition coefficient (Wildman–Crippen LogP) is 0.981. The maximum absolute atomic E-state index is 12.5. The zero-order valence-electron chi connectivity index (χ0n) is 15.3. The van der Waals surface area contributed by atoms with Crippen LogP contribution in [0.2, 0.25) is 0 Å². The maximum Gasteiger partial charge on any atom is 0.236 e. The van der Waals surface area contributed by atoms with E-state index in [1.165, 1.54) is 0 Å². The summed E-state index contributed by atoms with van der Waals surface area (Å²) in [5.74, 6) is 1.09. The van der Waals surface area contributed by atoms with Gasteiger partial charge in [0.2, 0.25) is 5.91 Å². The lowest BCUT2D eigenvalue weighted by molar-refractivity contribution is -0.138. The van der Waals surface area contributed by atoms with E-state index in [-0.39, 0.29) is 12.0 Å². The van der Waals surface area contributed by atoms with Crippen LogP contribution in [0.5, 0.6) is 0 Å². The zero-order valence-corrected chi connectivity index (χ0v) is 15.3. The minimum absolute atomic E-state index is 0.175. The number of aromatic nitrogens is 2. The summed E-state index contributed by atoms with van der Waals surface area (Å²) < 4.78 is 5.64. The van der Waals surface area contributed by atoms with Gasteiger partial charge in [0, 0.05) is 32.2 Å². The van der Waals surface area contributed by atoms with Crippen molar-refractivity contribution >= 4 is 11.7 Å². The van der Waals surface area contributed by atoms with Crippen LogP contribution >= 0.6 is 0 Å². The van der Waals surface area contributed by atoms with Gasteiger partial charge in [0.1, 0.15) is 0 Å². The highest BCUT2D eigenvalue weighted by molar-refractivity contribution is 5.78. The third-order valence-corrected chi connectivity index (χ3v) is 5.02. The van der Waals surface area contributed by atoms with Gasteiger partial charge in [-0.2, -0.15) is 5.10 Å². The molecule has 2 fully saturated rings. The van der Waals surface area contributed by atoms with Crippen LogP contribution in [0.4, 0.5) is 5.82 Å². The highest BCUT2D eigenvalue weighted by Gasteiger charge is 2.25. The average molecular weight is 347 g/mol. The average Bonchev–Trinajstić information content (AvgIpc) is 2.67. The van der Waals surface area contributed by atoms with Gasteiger partial charge in [0.25, 0.3) is 0 Å². The second-order valence-electron chi connectivity index (χ2n) is 6.94. The minimum atomic E-state index is 0.175. The molecule has 2 atom stereocenters. The molecule has 1 aromatic rings. The van der Waals surface area contributed by atoms with E-state index in [0.717, 1.165) is 43.9 Å². The molecule has 7 heteroatoms. The van der Waals surface area contributed by atoms with Crippen LogP contribution in [0.3, 0.4) is 0 Å². The summed E-state index contributed by atoms with van der Waals surface area (Å²) in [7, 11) is 0. The molecule has 3 heterocycles. The van der Waals surface area contributed by atoms with Crippen LogP contribution in [0.25, 0.3) is 0 Å². The van der Waals surface area contributed by atoms with Crippen LogP contribution in [-0.4, -0.2) is 72.5 Å². The Hall–Kier alpha value is -1.73. The number of hydrogen-bond acceptors (Lipinski definition) is 6. The lowest BCUT2D eigenvalue weighted by Crippen LogP contribution is -2.52. The topological polar surface area (TPSA) is 70.6 Å². The summed E-state index contributed by atoms with van der Waals surface area (Å²) >= 11 is 0. The normalized spacial score (nSPS) is 24.4. The number of amides is 1. The third kappa shape index (κ3) is 4.89. The Kier molecular flexibility index (Phi) is 6.20. The molecule has 0 aromatic carbocycles. The summed E-state index contributed by atoms with van der Waals surface area (Å²) in [4.78, 5) is 16.6. The van der Waals surface area contributed by atoms with Crippen molar-refractivity contribution in [1.29, 1.82) is 0 Å². The number of morpholine rings is 1. The van der Waals surface area contributed by atoms with Crippen LogP contribution in [-0.2, 0) is 9.53 Å². The van der Waals surface area contributed by atoms with Crippen molar-refractivity contribution < 1.29 is 9.53 Å². The number of piperidine rings is 1. The first-order valence-corrected chi connectivity index (χ1v) is 9.33. The molecule has 25 heavy (non-hydrogen) atoms. The van der Waals surface area contributed by atoms with Crippen molar-refractivity contribution in [2.24, 2.45) is 0 Å². The molecule has 2 aliphatic heterocycles. The van der Waals surface area contributed by atoms with E-state index in [0.29, 0.717) is 32.3 Å². The highest BCUT2D eigenvalue weighted by Crippen LogP contribution is 2.17. The molecular formula is C18H29N5O2. The Bertz CT molecular complexity index is 565. The molecule has 0 unspecified atom stereocenters. The molecule has 2 aliphatic rings. The minimum Gasteiger partial charge on any atom is -0.375 e. The van der Waals surface area contributed by atoms with Crippen molar-refractivity contribution in [1.82, 2.24) is 20.4 Å². The van der Waals surface area contributed by atoms with Crippen molar-refractivity contribution in [3.63, 3.8) is 0 Å². The molecule has 1 N–H and O–H groups in total. The fraction of sp³-hybridized carbons (Fsp3) is 0.722. The van der Waals surface area contributed by atoms with Gasteiger partial charge < -0.3 is 19.9 Å². The predicted molar refractivity (Wildman–Crippen MR) is 96.6 cm³/mol. The van der Waals surface area contributed by atoms with Gasteiger partial charge in [0.15, 0.2) is 5.82 Å². The number of anilines is 1. The molecule has 0 saturated carbocycles. The van der Waals surface area contributed by atoms with Crippen molar-refractivity contribution in [3.05, 3.63) is 17.8 Å².